The molecule has 1 aliphatic rings. The highest BCUT2D eigenvalue weighted by atomic mass is 16.3. The second kappa shape index (κ2) is 5.92. The number of hydrogen-bond acceptors (Lipinski definition) is 2. The highest BCUT2D eigenvalue weighted by Crippen LogP contribution is 2.38. The van der Waals surface area contributed by atoms with Crippen LogP contribution in [0.4, 0.5) is 0 Å². The average Bonchev–Trinajstić information content (AvgIpc) is 2.12. The third kappa shape index (κ3) is 5.27. The van der Waals surface area contributed by atoms with Crippen molar-refractivity contribution in [3.05, 3.63) is 0 Å². The van der Waals surface area contributed by atoms with Gasteiger partial charge in [0.05, 0.1) is 5.60 Å². The van der Waals surface area contributed by atoms with Crippen LogP contribution in [-0.4, -0.2) is 23.3 Å². The molecule has 0 radical (unpaired) electrons. The first-order chi connectivity index (χ1) is 8.11. The van der Waals surface area contributed by atoms with E-state index in [4.69, 9.17) is 0 Å². The number of rotatable bonds is 5. The average molecular weight is 255 g/mol. The summed E-state index contributed by atoms with van der Waals surface area (Å²) in [7, 11) is 0. The van der Waals surface area contributed by atoms with E-state index in [1.807, 2.05) is 6.92 Å². The maximum atomic E-state index is 10.3. The summed E-state index contributed by atoms with van der Waals surface area (Å²) >= 11 is 0. The summed E-state index contributed by atoms with van der Waals surface area (Å²) in [5.74, 6) is 1.26. The summed E-state index contributed by atoms with van der Waals surface area (Å²) in [5.41, 5.74) is -0.0705. The predicted molar refractivity (Wildman–Crippen MR) is 78.7 cm³/mol. The van der Waals surface area contributed by atoms with Gasteiger partial charge in [-0.05, 0) is 49.9 Å². The first-order valence-electron chi connectivity index (χ1n) is 7.57. The summed E-state index contributed by atoms with van der Waals surface area (Å²) in [6, 6.07) is 0.580. The van der Waals surface area contributed by atoms with Gasteiger partial charge in [-0.15, -0.1) is 0 Å². The van der Waals surface area contributed by atoms with E-state index >= 15 is 0 Å². The van der Waals surface area contributed by atoms with Gasteiger partial charge in [0.2, 0.25) is 0 Å². The number of aliphatic hydroxyl groups is 1. The molecule has 0 amide bonds. The molecule has 3 atom stereocenters. The smallest absolute Gasteiger partial charge is 0.0746 e. The van der Waals surface area contributed by atoms with Crippen molar-refractivity contribution in [1.82, 2.24) is 5.32 Å². The van der Waals surface area contributed by atoms with Gasteiger partial charge in [0.15, 0.2) is 0 Å². The van der Waals surface area contributed by atoms with Crippen LogP contribution in [0.25, 0.3) is 0 Å². The van der Waals surface area contributed by atoms with Gasteiger partial charge in [-0.1, -0.05) is 34.6 Å². The molecule has 2 nitrogen and oxygen atoms in total. The summed E-state index contributed by atoms with van der Waals surface area (Å²) in [6.07, 6.45) is 4.69. The molecule has 108 valence electrons. The quantitative estimate of drug-likeness (QED) is 0.787. The van der Waals surface area contributed by atoms with Crippen LogP contribution in [0.2, 0.25) is 0 Å². The molecule has 2 N–H and O–H groups in total. The van der Waals surface area contributed by atoms with Crippen molar-refractivity contribution in [3.63, 3.8) is 0 Å². The standard InChI is InChI=1S/C16H33NO/c1-12(2)9-16(6,18)11-17-14-7-8-15(4,5)10-13(14)3/h12-14,17-18H,7-11H2,1-6H3. The Morgan fingerprint density at radius 1 is 1.39 bits per heavy atom. The topological polar surface area (TPSA) is 32.3 Å². The Labute approximate surface area is 114 Å². The molecule has 1 fully saturated rings. The zero-order valence-corrected chi connectivity index (χ0v) is 13.2. The molecule has 1 saturated carbocycles. The Morgan fingerprint density at radius 2 is 2.00 bits per heavy atom. The molecule has 0 aromatic heterocycles. The van der Waals surface area contributed by atoms with Crippen LogP contribution in [-0.2, 0) is 0 Å². The van der Waals surface area contributed by atoms with Crippen LogP contribution in [0.5, 0.6) is 0 Å². The lowest BCUT2D eigenvalue weighted by molar-refractivity contribution is 0.0289. The number of nitrogens with one attached hydrogen (secondary N) is 1. The largest absolute Gasteiger partial charge is 0.389 e. The second-order valence-corrected chi connectivity index (χ2v) is 7.97. The Bertz CT molecular complexity index is 258. The number of hydrogen-bond donors (Lipinski definition) is 2. The fourth-order valence-electron chi connectivity index (χ4n) is 3.55. The van der Waals surface area contributed by atoms with Crippen molar-refractivity contribution in [2.24, 2.45) is 17.3 Å². The SMILES string of the molecule is CC(C)CC(C)(O)CNC1CCC(C)(C)CC1C. The van der Waals surface area contributed by atoms with Crippen molar-refractivity contribution >= 4 is 0 Å². The molecule has 2 heteroatoms. The van der Waals surface area contributed by atoms with Crippen LogP contribution < -0.4 is 5.32 Å². The molecule has 0 aromatic carbocycles. The minimum atomic E-state index is -0.569. The van der Waals surface area contributed by atoms with Gasteiger partial charge >= 0.3 is 0 Å². The molecule has 1 aliphatic carbocycles. The highest BCUT2D eigenvalue weighted by molar-refractivity contribution is 4.88. The molecule has 0 heterocycles. The maximum absolute atomic E-state index is 10.3. The van der Waals surface area contributed by atoms with Crippen molar-refractivity contribution < 1.29 is 5.11 Å². The molecular formula is C16H33NO. The van der Waals surface area contributed by atoms with E-state index in [1.54, 1.807) is 0 Å². The molecule has 0 saturated heterocycles. The van der Waals surface area contributed by atoms with Crippen LogP contribution in [0.1, 0.15) is 67.2 Å². The van der Waals surface area contributed by atoms with Gasteiger partial charge in [-0.3, -0.25) is 0 Å². The third-order valence-electron chi connectivity index (χ3n) is 4.29. The molecule has 18 heavy (non-hydrogen) atoms. The minimum Gasteiger partial charge on any atom is -0.389 e. The molecule has 0 spiro atoms. The van der Waals surface area contributed by atoms with Crippen LogP contribution in [0.3, 0.4) is 0 Å². The van der Waals surface area contributed by atoms with E-state index in [9.17, 15) is 5.11 Å². The lowest BCUT2D eigenvalue weighted by atomic mass is 9.70. The predicted octanol–water partition coefficient (Wildman–Crippen LogP) is 3.59. The zero-order valence-electron chi connectivity index (χ0n) is 13.2. The van der Waals surface area contributed by atoms with Crippen molar-refractivity contribution in [2.75, 3.05) is 6.54 Å². The van der Waals surface area contributed by atoms with Gasteiger partial charge in [0.1, 0.15) is 0 Å². The fourth-order valence-corrected chi connectivity index (χ4v) is 3.55. The van der Waals surface area contributed by atoms with Gasteiger partial charge < -0.3 is 10.4 Å². The fraction of sp³-hybridized carbons (Fsp3) is 1.00. The molecule has 0 aliphatic heterocycles. The van der Waals surface area contributed by atoms with E-state index in [1.165, 1.54) is 19.3 Å². The van der Waals surface area contributed by atoms with Gasteiger partial charge in [-0.25, -0.2) is 0 Å². The van der Waals surface area contributed by atoms with E-state index in [0.717, 1.165) is 13.0 Å². The van der Waals surface area contributed by atoms with E-state index in [-0.39, 0.29) is 0 Å². The molecule has 1 rings (SSSR count). The lowest BCUT2D eigenvalue weighted by Gasteiger charge is -2.41. The first kappa shape index (κ1) is 16.0. The van der Waals surface area contributed by atoms with Crippen molar-refractivity contribution in [1.29, 1.82) is 0 Å². The summed E-state index contributed by atoms with van der Waals surface area (Å²) in [6.45, 7) is 14.1. The van der Waals surface area contributed by atoms with Gasteiger partial charge in [0, 0.05) is 12.6 Å². The maximum Gasteiger partial charge on any atom is 0.0746 e. The summed E-state index contributed by atoms with van der Waals surface area (Å²) < 4.78 is 0. The molecule has 0 aromatic rings. The normalized spacial score (nSPS) is 31.3. The van der Waals surface area contributed by atoms with E-state index < -0.39 is 5.60 Å². The Balaban J connectivity index is 2.40. The monoisotopic (exact) mass is 255 g/mol. The first-order valence-corrected chi connectivity index (χ1v) is 7.57. The molecule has 0 bridgehead atoms. The van der Waals surface area contributed by atoms with Gasteiger partial charge in [0.25, 0.3) is 0 Å². The van der Waals surface area contributed by atoms with Crippen molar-refractivity contribution in [3.8, 4) is 0 Å². The van der Waals surface area contributed by atoms with Crippen LogP contribution >= 0.6 is 0 Å². The second-order valence-electron chi connectivity index (χ2n) is 7.97. The zero-order chi connectivity index (χ0) is 14.0. The Hall–Kier alpha value is -0.0800. The summed E-state index contributed by atoms with van der Waals surface area (Å²) in [4.78, 5) is 0. The minimum absolute atomic E-state index is 0.498. The molecule has 3 unspecified atom stereocenters. The Morgan fingerprint density at radius 3 is 2.50 bits per heavy atom. The Kier molecular flexibility index (Phi) is 5.25. The van der Waals surface area contributed by atoms with E-state index in [2.05, 4.69) is 39.9 Å². The van der Waals surface area contributed by atoms with Gasteiger partial charge in [-0.2, -0.15) is 0 Å². The third-order valence-corrected chi connectivity index (χ3v) is 4.29. The van der Waals surface area contributed by atoms with E-state index in [0.29, 0.717) is 23.3 Å². The van der Waals surface area contributed by atoms with Crippen LogP contribution in [0.15, 0.2) is 0 Å². The van der Waals surface area contributed by atoms with Crippen molar-refractivity contribution in [2.45, 2.75) is 78.9 Å². The van der Waals surface area contributed by atoms with Crippen LogP contribution in [0, 0.1) is 17.3 Å². The molecular weight excluding hydrogens is 222 g/mol. The summed E-state index contributed by atoms with van der Waals surface area (Å²) in [5, 5.41) is 13.9. The lowest BCUT2D eigenvalue weighted by Crippen LogP contribution is -2.48. The highest BCUT2D eigenvalue weighted by Gasteiger charge is 2.33.